The lowest BCUT2D eigenvalue weighted by Crippen LogP contribution is -2.36. The van der Waals surface area contributed by atoms with E-state index in [0.29, 0.717) is 12.5 Å². The summed E-state index contributed by atoms with van der Waals surface area (Å²) in [6.45, 7) is 8.72. The SMILES string of the molecule is Cc1cccc(C)c1/C=C/C(=O)NC(N)=NCC(C)C. The highest BCUT2D eigenvalue weighted by Gasteiger charge is 2.01. The highest BCUT2D eigenvalue weighted by atomic mass is 16.1. The Labute approximate surface area is 120 Å². The van der Waals surface area contributed by atoms with Crippen LogP contribution in [0, 0.1) is 19.8 Å². The molecule has 0 saturated carbocycles. The molecule has 1 aromatic carbocycles. The molecule has 4 heteroatoms. The predicted octanol–water partition coefficient (Wildman–Crippen LogP) is 2.40. The van der Waals surface area contributed by atoms with Crippen LogP contribution in [-0.2, 0) is 4.79 Å². The van der Waals surface area contributed by atoms with Crippen LogP contribution in [-0.4, -0.2) is 18.4 Å². The van der Waals surface area contributed by atoms with Gasteiger partial charge < -0.3 is 5.73 Å². The summed E-state index contributed by atoms with van der Waals surface area (Å²) in [6, 6.07) is 6.03. The fraction of sp³-hybridized carbons (Fsp3) is 0.375. The second kappa shape index (κ2) is 7.48. The van der Waals surface area contributed by atoms with Crippen molar-refractivity contribution in [1.29, 1.82) is 0 Å². The molecule has 20 heavy (non-hydrogen) atoms. The molecule has 1 amide bonds. The molecule has 0 aliphatic rings. The molecule has 0 aliphatic carbocycles. The molecule has 0 saturated heterocycles. The zero-order valence-corrected chi connectivity index (χ0v) is 12.6. The summed E-state index contributed by atoms with van der Waals surface area (Å²) in [4.78, 5) is 15.8. The van der Waals surface area contributed by atoms with Crippen LogP contribution in [0.3, 0.4) is 0 Å². The van der Waals surface area contributed by atoms with Gasteiger partial charge in [-0.25, -0.2) is 0 Å². The maximum atomic E-state index is 11.7. The van der Waals surface area contributed by atoms with Gasteiger partial charge >= 0.3 is 0 Å². The lowest BCUT2D eigenvalue weighted by molar-refractivity contribution is -0.115. The highest BCUT2D eigenvalue weighted by molar-refractivity contribution is 6.03. The molecule has 0 fully saturated rings. The van der Waals surface area contributed by atoms with Crippen molar-refractivity contribution in [3.63, 3.8) is 0 Å². The second-order valence-electron chi connectivity index (χ2n) is 5.25. The van der Waals surface area contributed by atoms with Crippen molar-refractivity contribution >= 4 is 17.9 Å². The number of benzene rings is 1. The molecule has 0 spiro atoms. The van der Waals surface area contributed by atoms with E-state index in [9.17, 15) is 4.79 Å². The molecule has 1 rings (SSSR count). The molecular weight excluding hydrogens is 250 g/mol. The minimum atomic E-state index is -0.266. The molecule has 0 unspecified atom stereocenters. The Morgan fingerprint density at radius 3 is 2.50 bits per heavy atom. The van der Waals surface area contributed by atoms with E-state index in [1.54, 1.807) is 6.08 Å². The van der Waals surface area contributed by atoms with Crippen LogP contribution in [0.4, 0.5) is 0 Å². The van der Waals surface area contributed by atoms with Crippen molar-refractivity contribution in [3.8, 4) is 0 Å². The first-order chi connectivity index (χ1) is 9.40. The van der Waals surface area contributed by atoms with Crippen molar-refractivity contribution in [2.75, 3.05) is 6.54 Å². The summed E-state index contributed by atoms with van der Waals surface area (Å²) < 4.78 is 0. The number of nitrogens with zero attached hydrogens (tertiary/aromatic N) is 1. The van der Waals surface area contributed by atoms with Crippen LogP contribution >= 0.6 is 0 Å². The van der Waals surface area contributed by atoms with Gasteiger partial charge in [0.15, 0.2) is 5.96 Å². The maximum Gasteiger partial charge on any atom is 0.250 e. The monoisotopic (exact) mass is 273 g/mol. The van der Waals surface area contributed by atoms with Crippen molar-refractivity contribution in [3.05, 3.63) is 41.0 Å². The Balaban J connectivity index is 2.67. The molecule has 108 valence electrons. The molecule has 4 nitrogen and oxygen atoms in total. The lowest BCUT2D eigenvalue weighted by Gasteiger charge is -2.05. The molecular formula is C16H23N3O. The quantitative estimate of drug-likeness (QED) is 0.502. The van der Waals surface area contributed by atoms with Gasteiger partial charge in [0.05, 0.1) is 0 Å². The van der Waals surface area contributed by atoms with Crippen molar-refractivity contribution in [1.82, 2.24) is 5.32 Å². The maximum absolute atomic E-state index is 11.7. The van der Waals surface area contributed by atoms with Gasteiger partial charge in [0, 0.05) is 12.6 Å². The number of carbonyl (C=O) groups is 1. The summed E-state index contributed by atoms with van der Waals surface area (Å²) in [5.74, 6) is 0.308. The minimum Gasteiger partial charge on any atom is -0.370 e. The zero-order valence-electron chi connectivity index (χ0n) is 12.6. The summed E-state index contributed by atoms with van der Waals surface area (Å²) in [7, 11) is 0. The Hall–Kier alpha value is -2.10. The number of rotatable bonds is 4. The van der Waals surface area contributed by atoms with Gasteiger partial charge in [-0.2, -0.15) is 0 Å². The lowest BCUT2D eigenvalue weighted by atomic mass is 10.0. The fourth-order valence-corrected chi connectivity index (χ4v) is 1.74. The van der Waals surface area contributed by atoms with E-state index in [1.807, 2.05) is 45.9 Å². The predicted molar refractivity (Wildman–Crippen MR) is 84.4 cm³/mol. The number of nitrogens with one attached hydrogen (secondary N) is 1. The Kier molecular flexibility index (Phi) is 5.97. The Morgan fingerprint density at radius 2 is 1.95 bits per heavy atom. The highest BCUT2D eigenvalue weighted by Crippen LogP contribution is 2.14. The summed E-state index contributed by atoms with van der Waals surface area (Å²) in [5.41, 5.74) is 8.96. The van der Waals surface area contributed by atoms with Gasteiger partial charge in [-0.3, -0.25) is 15.1 Å². The van der Waals surface area contributed by atoms with Crippen LogP contribution in [0.2, 0.25) is 0 Å². The van der Waals surface area contributed by atoms with Gasteiger partial charge in [-0.15, -0.1) is 0 Å². The average molecular weight is 273 g/mol. The van der Waals surface area contributed by atoms with E-state index in [2.05, 4.69) is 10.3 Å². The van der Waals surface area contributed by atoms with E-state index in [4.69, 9.17) is 5.73 Å². The summed E-state index contributed by atoms with van der Waals surface area (Å²) >= 11 is 0. The topological polar surface area (TPSA) is 67.5 Å². The van der Waals surface area contributed by atoms with Crippen LogP contribution < -0.4 is 11.1 Å². The van der Waals surface area contributed by atoms with Crippen LogP contribution in [0.15, 0.2) is 29.3 Å². The van der Waals surface area contributed by atoms with Crippen molar-refractivity contribution in [2.45, 2.75) is 27.7 Å². The van der Waals surface area contributed by atoms with E-state index >= 15 is 0 Å². The van der Waals surface area contributed by atoms with Crippen LogP contribution in [0.25, 0.3) is 6.08 Å². The second-order valence-corrected chi connectivity index (χ2v) is 5.25. The van der Waals surface area contributed by atoms with Gasteiger partial charge in [0.2, 0.25) is 0 Å². The van der Waals surface area contributed by atoms with Gasteiger partial charge in [-0.05, 0) is 42.5 Å². The van der Waals surface area contributed by atoms with Crippen LogP contribution in [0.1, 0.15) is 30.5 Å². The van der Waals surface area contributed by atoms with Gasteiger partial charge in [0.25, 0.3) is 5.91 Å². The molecule has 0 aliphatic heterocycles. The van der Waals surface area contributed by atoms with Crippen LogP contribution in [0.5, 0.6) is 0 Å². The molecule has 3 N–H and O–H groups in total. The number of hydrogen-bond donors (Lipinski definition) is 2. The molecule has 1 aromatic rings. The van der Waals surface area contributed by atoms with E-state index in [1.165, 1.54) is 6.08 Å². The van der Waals surface area contributed by atoms with Crippen molar-refractivity contribution < 1.29 is 4.79 Å². The first-order valence-electron chi connectivity index (χ1n) is 6.75. The Morgan fingerprint density at radius 1 is 1.35 bits per heavy atom. The molecule has 0 atom stereocenters. The fourth-order valence-electron chi connectivity index (χ4n) is 1.74. The normalized spacial score (nSPS) is 12.2. The Bertz CT molecular complexity index is 510. The molecule has 0 heterocycles. The summed E-state index contributed by atoms with van der Waals surface area (Å²) in [6.07, 6.45) is 3.28. The van der Waals surface area contributed by atoms with E-state index < -0.39 is 0 Å². The average Bonchev–Trinajstić information content (AvgIpc) is 2.35. The number of amides is 1. The number of hydrogen-bond acceptors (Lipinski definition) is 2. The number of nitrogens with two attached hydrogens (primary N) is 1. The standard InChI is InChI=1S/C16H23N3O/c1-11(2)10-18-16(17)19-15(20)9-8-14-12(3)6-5-7-13(14)4/h5-9,11H,10H2,1-4H3,(H3,17,18,19,20)/b9-8+. The van der Waals surface area contributed by atoms with E-state index in [-0.39, 0.29) is 11.9 Å². The number of aryl methyl sites for hydroxylation is 2. The number of carbonyl (C=O) groups excluding carboxylic acids is 1. The van der Waals surface area contributed by atoms with Crippen molar-refractivity contribution in [2.24, 2.45) is 16.6 Å². The summed E-state index contributed by atoms with van der Waals surface area (Å²) in [5, 5.41) is 2.55. The minimum absolute atomic E-state index is 0.162. The molecule has 0 bridgehead atoms. The third-order valence-corrected chi connectivity index (χ3v) is 2.82. The smallest absolute Gasteiger partial charge is 0.250 e. The number of aliphatic imine (C=N–C) groups is 1. The molecule has 0 radical (unpaired) electrons. The molecule has 0 aromatic heterocycles. The zero-order chi connectivity index (χ0) is 15.1. The number of guanidine groups is 1. The largest absolute Gasteiger partial charge is 0.370 e. The van der Waals surface area contributed by atoms with Gasteiger partial charge in [0.1, 0.15) is 0 Å². The van der Waals surface area contributed by atoms with Gasteiger partial charge in [-0.1, -0.05) is 32.0 Å². The third kappa shape index (κ3) is 5.26. The first-order valence-corrected chi connectivity index (χ1v) is 6.75. The third-order valence-electron chi connectivity index (χ3n) is 2.82. The first kappa shape index (κ1) is 16.0. The van der Waals surface area contributed by atoms with E-state index in [0.717, 1.165) is 16.7 Å².